The van der Waals surface area contributed by atoms with Gasteiger partial charge in [0, 0.05) is 50.9 Å². The van der Waals surface area contributed by atoms with E-state index in [9.17, 15) is 19.5 Å². The first-order chi connectivity index (χ1) is 21.3. The molecule has 0 aromatic rings. The second-order valence-electron chi connectivity index (χ2n) is 12.7. The van der Waals surface area contributed by atoms with Crippen molar-refractivity contribution >= 4 is 17.7 Å². The van der Waals surface area contributed by atoms with E-state index in [1.54, 1.807) is 13.2 Å². The number of aliphatic hydroxyl groups excluding tert-OH is 1. The largest absolute Gasteiger partial charge is 0.478 e. The van der Waals surface area contributed by atoms with Gasteiger partial charge in [-0.05, 0) is 26.2 Å². The van der Waals surface area contributed by atoms with E-state index in [2.05, 4.69) is 11.9 Å². The summed E-state index contributed by atoms with van der Waals surface area (Å²) in [7, 11) is 2.96. The number of carboxylic acids is 1. The average molecular weight is 638 g/mol. The molecule has 3 heterocycles. The molecule has 45 heavy (non-hydrogen) atoms. The van der Waals surface area contributed by atoms with E-state index in [1.807, 2.05) is 33.8 Å². The highest BCUT2D eigenvalue weighted by molar-refractivity contribution is 5.82. The van der Waals surface area contributed by atoms with Crippen molar-refractivity contribution < 1.29 is 53.0 Å². The van der Waals surface area contributed by atoms with Gasteiger partial charge in [-0.1, -0.05) is 57.6 Å². The summed E-state index contributed by atoms with van der Waals surface area (Å²) in [6.45, 7) is 11.7. The fourth-order valence-corrected chi connectivity index (χ4v) is 6.27. The molecule has 1 amide bonds. The van der Waals surface area contributed by atoms with Gasteiger partial charge in [0.2, 0.25) is 5.79 Å². The molecule has 9 atom stereocenters. The molecule has 9 unspecified atom stereocenters. The highest BCUT2D eigenvalue weighted by Gasteiger charge is 2.57. The van der Waals surface area contributed by atoms with Crippen molar-refractivity contribution in [1.29, 1.82) is 0 Å². The first-order valence-corrected chi connectivity index (χ1v) is 15.7. The zero-order valence-electron chi connectivity index (χ0n) is 27.4. The Labute approximate surface area is 266 Å². The maximum Gasteiger partial charge on any atom is 0.328 e. The van der Waals surface area contributed by atoms with Crippen LogP contribution in [-0.2, 0) is 42.8 Å². The number of carbonyl (C=O) groups excluding carboxylic acids is 2. The van der Waals surface area contributed by atoms with Crippen LogP contribution in [0.1, 0.15) is 72.6 Å². The molecule has 0 bridgehead atoms. The van der Waals surface area contributed by atoms with Crippen molar-refractivity contribution in [3.05, 3.63) is 36.5 Å². The van der Waals surface area contributed by atoms with Crippen molar-refractivity contribution in [2.45, 2.75) is 121 Å². The number of hydrogen-bond acceptors (Lipinski definition) is 10. The molecule has 3 aliphatic rings. The fraction of sp³-hybridized carbons (Fsp3) is 0.727. The lowest BCUT2D eigenvalue weighted by Gasteiger charge is -2.54. The Morgan fingerprint density at radius 2 is 1.84 bits per heavy atom. The number of ether oxygens (including phenoxy) is 6. The third-order valence-corrected chi connectivity index (χ3v) is 9.29. The van der Waals surface area contributed by atoms with Crippen molar-refractivity contribution in [3.8, 4) is 0 Å². The highest BCUT2D eigenvalue weighted by Crippen LogP contribution is 2.44. The summed E-state index contributed by atoms with van der Waals surface area (Å²) in [5.41, 5.74) is 0.203. The summed E-state index contributed by atoms with van der Waals surface area (Å²) >= 11 is 0. The number of amides is 1. The topological polar surface area (TPSA) is 159 Å². The maximum absolute atomic E-state index is 13.4. The number of hydrogen-bond donors (Lipinski definition) is 3. The standard InChI is InChI=1S/C33H51NO11/c1-20-18-33(41-7,45-22(3)21(20)2)28(38)30(39)34-31-27-26(42-19-43-31)29(40-6)32(4,5)24(44-27)17-23(35)15-13-11-9-8-10-12-14-16-25(36)37/h10,12,14,16,21-22,24,26-29,31,38H,1,8-9,11,13,15,17-19H2,2-7H3,(H,34,39)(H,36,37). The number of unbranched alkanes of at least 4 members (excludes halogenated alkanes) is 3. The number of nitrogens with one attached hydrogen (secondary N) is 1. The number of carboxylic acid groups (broad SMARTS) is 1. The van der Waals surface area contributed by atoms with Crippen LogP contribution in [0.4, 0.5) is 0 Å². The van der Waals surface area contributed by atoms with Gasteiger partial charge in [0.1, 0.15) is 24.8 Å². The molecule has 0 aliphatic carbocycles. The second-order valence-corrected chi connectivity index (χ2v) is 12.7. The molecule has 3 fully saturated rings. The van der Waals surface area contributed by atoms with Crippen LogP contribution in [0.3, 0.4) is 0 Å². The summed E-state index contributed by atoms with van der Waals surface area (Å²) in [4.78, 5) is 37.0. The molecule has 3 rings (SSSR count). The Morgan fingerprint density at radius 1 is 1.11 bits per heavy atom. The summed E-state index contributed by atoms with van der Waals surface area (Å²) in [5, 5.41) is 22.5. The van der Waals surface area contributed by atoms with Gasteiger partial charge in [-0.15, -0.1) is 0 Å². The fourth-order valence-electron chi connectivity index (χ4n) is 6.27. The molecule has 3 saturated heterocycles. The van der Waals surface area contributed by atoms with Gasteiger partial charge in [-0.25, -0.2) is 4.79 Å². The Hall–Kier alpha value is -2.45. The molecular weight excluding hydrogens is 586 g/mol. The number of ketones is 1. The van der Waals surface area contributed by atoms with E-state index in [-0.39, 0.29) is 37.4 Å². The lowest BCUT2D eigenvalue weighted by molar-refractivity contribution is -0.330. The van der Waals surface area contributed by atoms with Crippen LogP contribution < -0.4 is 5.32 Å². The summed E-state index contributed by atoms with van der Waals surface area (Å²) in [5.74, 6) is -3.27. The Balaban J connectivity index is 1.62. The van der Waals surface area contributed by atoms with Crippen LogP contribution in [0.25, 0.3) is 0 Å². The van der Waals surface area contributed by atoms with Crippen molar-refractivity contribution in [1.82, 2.24) is 5.32 Å². The molecule has 0 radical (unpaired) electrons. The monoisotopic (exact) mass is 637 g/mol. The quantitative estimate of drug-likeness (QED) is 0.105. The molecule has 12 heteroatoms. The molecule has 0 aromatic carbocycles. The molecule has 254 valence electrons. The lowest BCUT2D eigenvalue weighted by Crippen LogP contribution is -2.69. The number of fused-ring (bicyclic) bond motifs is 1. The van der Waals surface area contributed by atoms with Gasteiger partial charge in [0.25, 0.3) is 5.91 Å². The van der Waals surface area contributed by atoms with Gasteiger partial charge < -0.3 is 44.0 Å². The van der Waals surface area contributed by atoms with Gasteiger partial charge >= 0.3 is 5.97 Å². The smallest absolute Gasteiger partial charge is 0.328 e. The third-order valence-electron chi connectivity index (χ3n) is 9.29. The van der Waals surface area contributed by atoms with E-state index in [0.717, 1.165) is 37.3 Å². The number of Topliss-reactive ketones (excluding diaryl/α,β-unsaturated/α-hetero) is 1. The molecule has 12 nitrogen and oxygen atoms in total. The molecule has 0 aromatic heterocycles. The molecule has 0 spiro atoms. The normalized spacial score (nSPS) is 34.0. The number of aliphatic hydroxyl groups is 1. The predicted octanol–water partition coefficient (Wildman–Crippen LogP) is 3.42. The minimum Gasteiger partial charge on any atom is -0.478 e. The Bertz CT molecular complexity index is 1100. The second kappa shape index (κ2) is 16.4. The van der Waals surface area contributed by atoms with Gasteiger partial charge in [0.05, 0.1) is 18.3 Å². The minimum atomic E-state index is -1.69. The van der Waals surface area contributed by atoms with E-state index in [4.69, 9.17) is 33.5 Å². The van der Waals surface area contributed by atoms with Crippen LogP contribution in [0.5, 0.6) is 0 Å². The van der Waals surface area contributed by atoms with Gasteiger partial charge in [-0.3, -0.25) is 9.59 Å². The van der Waals surface area contributed by atoms with Crippen LogP contribution in [-0.4, -0.2) is 97.5 Å². The highest BCUT2D eigenvalue weighted by atomic mass is 16.7. The maximum atomic E-state index is 13.4. The predicted molar refractivity (Wildman–Crippen MR) is 164 cm³/mol. The molecule has 0 saturated carbocycles. The van der Waals surface area contributed by atoms with Crippen LogP contribution in [0, 0.1) is 11.3 Å². The Morgan fingerprint density at radius 3 is 2.49 bits per heavy atom. The van der Waals surface area contributed by atoms with Crippen LogP contribution >= 0.6 is 0 Å². The first kappa shape index (κ1) is 37.0. The van der Waals surface area contributed by atoms with Crippen molar-refractivity contribution in [2.75, 3.05) is 21.0 Å². The van der Waals surface area contributed by atoms with Crippen LogP contribution in [0.15, 0.2) is 36.5 Å². The van der Waals surface area contributed by atoms with Gasteiger partial charge in [0.15, 0.2) is 12.3 Å². The number of carbonyl (C=O) groups is 3. The molecule has 3 N–H and O–H groups in total. The summed E-state index contributed by atoms with van der Waals surface area (Å²) in [6.07, 6.45) is 4.66. The van der Waals surface area contributed by atoms with E-state index >= 15 is 0 Å². The third kappa shape index (κ3) is 9.09. The van der Waals surface area contributed by atoms with E-state index in [0.29, 0.717) is 6.42 Å². The zero-order valence-corrected chi connectivity index (χ0v) is 27.4. The Kier molecular flexibility index (Phi) is 13.5. The number of methoxy groups -OCH3 is 2. The molecule has 3 aliphatic heterocycles. The lowest BCUT2D eigenvalue weighted by atomic mass is 9.72. The summed E-state index contributed by atoms with van der Waals surface area (Å²) < 4.78 is 35.6. The average Bonchev–Trinajstić information content (AvgIpc) is 2.98. The SMILES string of the molecule is C=C1CC(OC)(C(O)C(=O)NC2OCOC3C2OC(CC(=O)CCCCCC=CC=CC(=O)O)C(C)(C)C3OC)OC(C)C1C. The number of aliphatic carboxylic acids is 1. The number of allylic oxidation sites excluding steroid dienone is 3. The zero-order chi connectivity index (χ0) is 33.4. The van der Waals surface area contributed by atoms with Crippen molar-refractivity contribution in [3.63, 3.8) is 0 Å². The summed E-state index contributed by atoms with van der Waals surface area (Å²) in [6, 6.07) is 0. The van der Waals surface area contributed by atoms with Crippen molar-refractivity contribution in [2.24, 2.45) is 11.3 Å². The van der Waals surface area contributed by atoms with E-state index < -0.39 is 59.8 Å². The minimum absolute atomic E-state index is 0.0319. The van der Waals surface area contributed by atoms with Crippen LogP contribution in [0.2, 0.25) is 0 Å². The molecular formula is C33H51NO11. The van der Waals surface area contributed by atoms with Gasteiger partial charge in [-0.2, -0.15) is 0 Å². The van der Waals surface area contributed by atoms with E-state index in [1.165, 1.54) is 13.2 Å². The number of rotatable bonds is 15. The first-order valence-electron chi connectivity index (χ1n) is 15.7.